The molecule has 0 unspecified atom stereocenters. The molecule has 2 amide bonds. The number of hydrogen-bond donors (Lipinski definition) is 3. The highest BCUT2D eigenvalue weighted by Gasteiger charge is 2.14. The standard InChI is InChI=1S/C20H21ClN2O4/c1-12(2)19(26)22-15-7-8-17(21)16(11-15)20(27)23-14-5-3-4-13(10-14)6-9-18(24)25/h3-5,7-8,10-12H,6,9H2,1-2H3,(H,22,26)(H,23,27)(H,24,25). The van der Waals surface area contributed by atoms with Gasteiger partial charge in [0.05, 0.1) is 10.6 Å². The molecule has 3 N–H and O–H groups in total. The van der Waals surface area contributed by atoms with Crippen molar-refractivity contribution in [2.75, 3.05) is 10.6 Å². The van der Waals surface area contributed by atoms with Gasteiger partial charge in [0.2, 0.25) is 5.91 Å². The van der Waals surface area contributed by atoms with Crippen LogP contribution in [0.4, 0.5) is 11.4 Å². The molecule has 6 nitrogen and oxygen atoms in total. The molecule has 0 radical (unpaired) electrons. The molecule has 0 spiro atoms. The third-order valence-electron chi connectivity index (χ3n) is 3.82. The van der Waals surface area contributed by atoms with Crippen LogP contribution in [-0.4, -0.2) is 22.9 Å². The van der Waals surface area contributed by atoms with Gasteiger partial charge in [0.1, 0.15) is 0 Å². The number of rotatable bonds is 7. The van der Waals surface area contributed by atoms with Crippen molar-refractivity contribution >= 4 is 40.8 Å². The summed E-state index contributed by atoms with van der Waals surface area (Å²) in [5, 5.41) is 14.5. The lowest BCUT2D eigenvalue weighted by molar-refractivity contribution is -0.137. The average molecular weight is 389 g/mol. The summed E-state index contributed by atoms with van der Waals surface area (Å²) in [4.78, 5) is 35.1. The molecule has 0 aliphatic rings. The Bertz CT molecular complexity index is 865. The van der Waals surface area contributed by atoms with Crippen molar-refractivity contribution in [1.82, 2.24) is 0 Å². The number of carbonyl (C=O) groups is 3. The fraction of sp³-hybridized carbons (Fsp3) is 0.250. The Labute approximate surface area is 162 Å². The number of anilines is 2. The van der Waals surface area contributed by atoms with Crippen molar-refractivity contribution in [3.8, 4) is 0 Å². The molecule has 27 heavy (non-hydrogen) atoms. The molecule has 142 valence electrons. The molecule has 7 heteroatoms. The molecule has 2 aromatic rings. The van der Waals surface area contributed by atoms with Crippen LogP contribution in [0.25, 0.3) is 0 Å². The van der Waals surface area contributed by atoms with Crippen molar-refractivity contribution in [2.45, 2.75) is 26.7 Å². The van der Waals surface area contributed by atoms with E-state index in [4.69, 9.17) is 16.7 Å². The summed E-state index contributed by atoms with van der Waals surface area (Å²) in [6.07, 6.45) is 0.386. The van der Waals surface area contributed by atoms with E-state index < -0.39 is 11.9 Å². The summed E-state index contributed by atoms with van der Waals surface area (Å²) in [5.41, 5.74) is 2.06. The maximum atomic E-state index is 12.6. The van der Waals surface area contributed by atoms with E-state index in [0.29, 0.717) is 17.8 Å². The molecule has 0 aliphatic heterocycles. The SMILES string of the molecule is CC(C)C(=O)Nc1ccc(Cl)c(C(=O)Nc2cccc(CCC(=O)O)c2)c1. The zero-order valence-corrected chi connectivity index (χ0v) is 15.8. The van der Waals surface area contributed by atoms with Gasteiger partial charge in [0, 0.05) is 23.7 Å². The number of carboxylic acid groups (broad SMARTS) is 1. The quantitative estimate of drug-likeness (QED) is 0.662. The second-order valence-corrected chi connectivity index (χ2v) is 6.79. The number of halogens is 1. The smallest absolute Gasteiger partial charge is 0.303 e. The third-order valence-corrected chi connectivity index (χ3v) is 4.14. The Hall–Kier alpha value is -2.86. The largest absolute Gasteiger partial charge is 0.481 e. The first-order valence-electron chi connectivity index (χ1n) is 8.48. The van der Waals surface area contributed by atoms with Crippen LogP contribution in [0.3, 0.4) is 0 Å². The number of carbonyl (C=O) groups excluding carboxylic acids is 2. The third kappa shape index (κ3) is 6.11. The molecule has 0 aromatic heterocycles. The summed E-state index contributed by atoms with van der Waals surface area (Å²) in [6.45, 7) is 3.55. The fourth-order valence-corrected chi connectivity index (χ4v) is 2.52. The summed E-state index contributed by atoms with van der Waals surface area (Å²) in [5.74, 6) is -1.64. The van der Waals surface area contributed by atoms with Crippen molar-refractivity contribution in [1.29, 1.82) is 0 Å². The van der Waals surface area contributed by atoms with Gasteiger partial charge in [-0.1, -0.05) is 37.6 Å². The second-order valence-electron chi connectivity index (χ2n) is 6.39. The lowest BCUT2D eigenvalue weighted by Gasteiger charge is -2.12. The highest BCUT2D eigenvalue weighted by atomic mass is 35.5. The highest BCUT2D eigenvalue weighted by Crippen LogP contribution is 2.23. The van der Waals surface area contributed by atoms with Crippen LogP contribution in [0.5, 0.6) is 0 Å². The molecule has 0 atom stereocenters. The van der Waals surface area contributed by atoms with Gasteiger partial charge in [-0.15, -0.1) is 0 Å². The number of benzene rings is 2. The average Bonchev–Trinajstić information content (AvgIpc) is 2.61. The molecule has 0 saturated carbocycles. The van der Waals surface area contributed by atoms with Crippen molar-refractivity contribution < 1.29 is 19.5 Å². The molecular weight excluding hydrogens is 368 g/mol. The number of hydrogen-bond acceptors (Lipinski definition) is 3. The van der Waals surface area contributed by atoms with Crippen LogP contribution in [0.2, 0.25) is 5.02 Å². The predicted octanol–water partition coefficient (Wildman–Crippen LogP) is 4.20. The minimum Gasteiger partial charge on any atom is -0.481 e. The fourth-order valence-electron chi connectivity index (χ4n) is 2.32. The Morgan fingerprint density at radius 2 is 1.74 bits per heavy atom. The van der Waals surface area contributed by atoms with Gasteiger partial charge in [0.25, 0.3) is 5.91 Å². The normalized spacial score (nSPS) is 10.5. The van der Waals surface area contributed by atoms with E-state index in [-0.39, 0.29) is 28.8 Å². The first kappa shape index (κ1) is 20.5. The topological polar surface area (TPSA) is 95.5 Å². The minimum absolute atomic E-state index is 0.0147. The lowest BCUT2D eigenvalue weighted by atomic mass is 10.1. The molecule has 0 bridgehead atoms. The maximum Gasteiger partial charge on any atom is 0.303 e. The number of aliphatic carboxylic acids is 1. The van der Waals surface area contributed by atoms with Crippen molar-refractivity contribution in [3.63, 3.8) is 0 Å². The zero-order chi connectivity index (χ0) is 20.0. The lowest BCUT2D eigenvalue weighted by Crippen LogP contribution is -2.18. The zero-order valence-electron chi connectivity index (χ0n) is 15.1. The number of nitrogens with one attached hydrogen (secondary N) is 2. The Kier molecular flexibility index (Phi) is 6.96. The van der Waals surface area contributed by atoms with Crippen molar-refractivity contribution in [3.05, 3.63) is 58.6 Å². The van der Waals surface area contributed by atoms with Crippen LogP contribution < -0.4 is 10.6 Å². The van der Waals surface area contributed by atoms with Crippen LogP contribution in [0.15, 0.2) is 42.5 Å². The molecular formula is C20H21ClN2O4. The van der Waals surface area contributed by atoms with Gasteiger partial charge in [-0.3, -0.25) is 14.4 Å². The van der Waals surface area contributed by atoms with Gasteiger partial charge in [-0.2, -0.15) is 0 Å². The summed E-state index contributed by atoms with van der Waals surface area (Å²) < 4.78 is 0. The van der Waals surface area contributed by atoms with Gasteiger partial charge in [-0.25, -0.2) is 0 Å². The molecule has 0 aliphatic carbocycles. The summed E-state index contributed by atoms with van der Waals surface area (Å²) in [6, 6.07) is 11.7. The van der Waals surface area contributed by atoms with Crippen molar-refractivity contribution in [2.24, 2.45) is 5.92 Å². The first-order valence-corrected chi connectivity index (χ1v) is 8.86. The van der Waals surface area contributed by atoms with Crippen LogP contribution in [0, 0.1) is 5.92 Å². The summed E-state index contributed by atoms with van der Waals surface area (Å²) in [7, 11) is 0. The second kappa shape index (κ2) is 9.19. The van der Waals surface area contributed by atoms with E-state index >= 15 is 0 Å². The van der Waals surface area contributed by atoms with E-state index in [2.05, 4.69) is 10.6 Å². The first-order chi connectivity index (χ1) is 12.8. The van der Waals surface area contributed by atoms with Crippen LogP contribution >= 0.6 is 11.6 Å². The molecule has 2 aromatic carbocycles. The molecule has 0 saturated heterocycles. The molecule has 0 fully saturated rings. The number of amides is 2. The van der Waals surface area contributed by atoms with E-state index in [1.807, 2.05) is 0 Å². The monoisotopic (exact) mass is 388 g/mol. The Morgan fingerprint density at radius 1 is 1.04 bits per heavy atom. The van der Waals surface area contributed by atoms with Crippen LogP contribution in [0.1, 0.15) is 36.2 Å². The maximum absolute atomic E-state index is 12.6. The molecule has 0 heterocycles. The minimum atomic E-state index is -0.878. The number of carboxylic acids is 1. The van der Waals surface area contributed by atoms with E-state index in [1.54, 1.807) is 50.2 Å². The predicted molar refractivity (Wildman–Crippen MR) is 105 cm³/mol. The van der Waals surface area contributed by atoms with Crippen LogP contribution in [-0.2, 0) is 16.0 Å². The molecule has 2 rings (SSSR count). The van der Waals surface area contributed by atoms with Gasteiger partial charge in [-0.05, 0) is 42.3 Å². The van der Waals surface area contributed by atoms with Gasteiger partial charge < -0.3 is 15.7 Å². The number of aryl methyl sites for hydroxylation is 1. The van der Waals surface area contributed by atoms with E-state index in [1.165, 1.54) is 6.07 Å². The van der Waals surface area contributed by atoms with Gasteiger partial charge in [0.15, 0.2) is 0 Å². The van der Waals surface area contributed by atoms with E-state index in [9.17, 15) is 14.4 Å². The van der Waals surface area contributed by atoms with E-state index in [0.717, 1.165) is 5.56 Å². The Balaban J connectivity index is 2.14. The Morgan fingerprint density at radius 3 is 2.41 bits per heavy atom. The summed E-state index contributed by atoms with van der Waals surface area (Å²) >= 11 is 6.13. The highest BCUT2D eigenvalue weighted by molar-refractivity contribution is 6.34. The van der Waals surface area contributed by atoms with Gasteiger partial charge >= 0.3 is 5.97 Å².